The van der Waals surface area contributed by atoms with Gasteiger partial charge in [-0.25, -0.2) is 0 Å². The van der Waals surface area contributed by atoms with E-state index in [1.54, 1.807) is 20.8 Å². The molecule has 0 spiro atoms. The average molecular weight is 458 g/mol. The molecule has 1 unspecified atom stereocenters. The van der Waals surface area contributed by atoms with E-state index in [1.807, 2.05) is 0 Å². The van der Waals surface area contributed by atoms with E-state index in [1.165, 1.54) is 13.8 Å². The normalized spacial score (nSPS) is 11.4. The first kappa shape index (κ1) is 24.0. The van der Waals surface area contributed by atoms with Gasteiger partial charge < -0.3 is 4.74 Å². The van der Waals surface area contributed by atoms with Gasteiger partial charge >= 0.3 is 11.9 Å². The minimum atomic E-state index is -0.983. The van der Waals surface area contributed by atoms with Gasteiger partial charge in [0.2, 0.25) is 0 Å². The molecule has 0 saturated heterocycles. The Morgan fingerprint density at radius 1 is 1.05 bits per heavy atom. The molecule has 0 aliphatic carbocycles. The molecule has 0 heterocycles. The number of rotatable bonds is 4. The van der Waals surface area contributed by atoms with Gasteiger partial charge in [-0.2, -0.15) is 0 Å². The van der Waals surface area contributed by atoms with E-state index in [-0.39, 0.29) is 56.3 Å². The molecule has 0 aromatic heterocycles. The second kappa shape index (κ2) is 9.80. The van der Waals surface area contributed by atoms with Crippen LogP contribution in [0.1, 0.15) is 41.0 Å². The summed E-state index contributed by atoms with van der Waals surface area (Å²) < 4.78 is 4.42. The van der Waals surface area contributed by atoms with Gasteiger partial charge in [-0.1, -0.05) is 20.8 Å². The van der Waals surface area contributed by atoms with Crippen molar-refractivity contribution >= 4 is 23.5 Å². The third kappa shape index (κ3) is 9.49. The first-order chi connectivity index (χ1) is 7.55. The van der Waals surface area contributed by atoms with Crippen LogP contribution in [0.5, 0.6) is 0 Å². The third-order valence-corrected chi connectivity index (χ3v) is 2.32. The summed E-state index contributed by atoms with van der Waals surface area (Å²) >= 11 is 0. The van der Waals surface area contributed by atoms with Crippen LogP contribution < -0.4 is 0 Å². The monoisotopic (exact) mass is 456 g/mol. The summed E-state index contributed by atoms with van der Waals surface area (Å²) in [7, 11) is 0. The van der Waals surface area contributed by atoms with Crippen LogP contribution in [-0.4, -0.2) is 23.5 Å². The number of Topliss-reactive ketones (excluding diaryl/α,β-unsaturated/α-hetero) is 2. The topological polar surface area (TPSA) is 77.5 Å². The maximum absolute atomic E-state index is 11.5. The predicted molar refractivity (Wildman–Crippen MR) is 60.0 cm³/mol. The predicted octanol–water partition coefficient (Wildman–Crippen LogP) is 1.28. The van der Waals surface area contributed by atoms with Crippen LogP contribution in [0.25, 0.3) is 0 Å². The molecular weight excluding hydrogens is 440 g/mol. The summed E-state index contributed by atoms with van der Waals surface area (Å²) in [4.78, 5) is 44.9. The van der Waals surface area contributed by atoms with Crippen LogP contribution in [0.3, 0.4) is 0 Å². The zero-order valence-corrected chi connectivity index (χ0v) is 14.4. The molecule has 0 aromatic carbocycles. The molecule has 0 aliphatic rings. The Balaban J connectivity index is -0.00000128. The van der Waals surface area contributed by atoms with Crippen molar-refractivity contribution in [1.29, 1.82) is 0 Å². The van der Waals surface area contributed by atoms with E-state index in [0.717, 1.165) is 0 Å². The number of hydrogen-bond acceptors (Lipinski definition) is 5. The molecule has 0 aromatic rings. The molecule has 19 heavy (non-hydrogen) atoms. The minimum Gasteiger partial charge on any atom is -0.392 e. The Bertz CT molecular complexity index is 358. The Hall–Kier alpha value is -0.0395. The molecule has 0 amide bonds. The van der Waals surface area contributed by atoms with Gasteiger partial charge in [-0.3, -0.25) is 19.2 Å². The van der Waals surface area contributed by atoms with Crippen LogP contribution >= 0.6 is 0 Å². The van der Waals surface area contributed by atoms with Crippen molar-refractivity contribution in [2.75, 3.05) is 0 Å². The molecule has 0 N–H and O–H groups in total. The van der Waals surface area contributed by atoms with Crippen molar-refractivity contribution in [3.05, 3.63) is 0 Å². The summed E-state index contributed by atoms with van der Waals surface area (Å²) in [6, 6.07) is 0. The first-order valence-electron chi connectivity index (χ1n) is 5.34. The standard InChI is InChI=1S/C12H18O5.2Ag/c1-7(8(2)13)11(16)17-10(15)6-9(14)12(3,4)5;;/h7H,6H2,1-5H3;;. The average Bonchev–Trinajstić information content (AvgIpc) is 2.14. The van der Waals surface area contributed by atoms with Gasteiger partial charge in [0, 0.05) is 50.2 Å². The van der Waals surface area contributed by atoms with Gasteiger partial charge in [0.25, 0.3) is 0 Å². The number of carbonyl (C=O) groups excluding carboxylic acids is 4. The molecule has 2 radical (unpaired) electrons. The number of ketones is 2. The molecule has 0 saturated carbocycles. The Labute approximate surface area is 144 Å². The summed E-state index contributed by atoms with van der Waals surface area (Å²) in [5, 5.41) is 0. The maximum Gasteiger partial charge on any atom is 0.323 e. The molecule has 0 aliphatic heterocycles. The second-order valence-corrected chi connectivity index (χ2v) is 4.98. The van der Waals surface area contributed by atoms with Gasteiger partial charge in [-0.15, -0.1) is 0 Å². The van der Waals surface area contributed by atoms with Crippen molar-refractivity contribution < 1.29 is 68.7 Å². The molecule has 0 rings (SSSR count). The van der Waals surface area contributed by atoms with Crippen molar-refractivity contribution in [2.24, 2.45) is 11.3 Å². The van der Waals surface area contributed by atoms with Crippen molar-refractivity contribution in [3.63, 3.8) is 0 Å². The molecule has 7 heteroatoms. The fourth-order valence-corrected chi connectivity index (χ4v) is 0.799. The van der Waals surface area contributed by atoms with E-state index in [4.69, 9.17) is 0 Å². The Morgan fingerprint density at radius 3 is 1.79 bits per heavy atom. The maximum atomic E-state index is 11.5. The number of ether oxygens (including phenoxy) is 1. The van der Waals surface area contributed by atoms with Crippen LogP contribution in [-0.2, 0) is 68.7 Å². The van der Waals surface area contributed by atoms with Gasteiger partial charge in [0.05, 0.1) is 0 Å². The zero-order valence-electron chi connectivity index (χ0n) is 11.4. The molecule has 5 nitrogen and oxygen atoms in total. The molecule has 0 bridgehead atoms. The third-order valence-electron chi connectivity index (χ3n) is 2.32. The first-order valence-corrected chi connectivity index (χ1v) is 5.34. The Kier molecular flexibility index (Phi) is 12.4. The number of hydrogen-bond donors (Lipinski definition) is 0. The smallest absolute Gasteiger partial charge is 0.323 e. The van der Waals surface area contributed by atoms with Crippen LogP contribution in [0.4, 0.5) is 0 Å². The van der Waals surface area contributed by atoms with Crippen molar-refractivity contribution in [2.45, 2.75) is 41.0 Å². The van der Waals surface area contributed by atoms with E-state index in [2.05, 4.69) is 4.74 Å². The SMILES string of the molecule is CC(=O)C(C)C(=O)OC(=O)CC(=O)C(C)(C)C.[Ag].[Ag]. The molecule has 1 atom stereocenters. The quantitative estimate of drug-likeness (QED) is 0.361. The van der Waals surface area contributed by atoms with Crippen LogP contribution in [0.15, 0.2) is 0 Å². The van der Waals surface area contributed by atoms with Crippen molar-refractivity contribution in [3.8, 4) is 0 Å². The second-order valence-electron chi connectivity index (χ2n) is 4.98. The summed E-state index contributed by atoms with van der Waals surface area (Å²) in [6.45, 7) is 7.59. The largest absolute Gasteiger partial charge is 0.392 e. The fourth-order valence-electron chi connectivity index (χ4n) is 0.799. The molecule has 0 fully saturated rings. The number of carbonyl (C=O) groups is 4. The van der Waals surface area contributed by atoms with Crippen LogP contribution in [0.2, 0.25) is 0 Å². The van der Waals surface area contributed by atoms with Gasteiger partial charge in [-0.05, 0) is 13.8 Å². The Morgan fingerprint density at radius 2 is 1.47 bits per heavy atom. The van der Waals surface area contributed by atoms with Crippen molar-refractivity contribution in [1.82, 2.24) is 0 Å². The minimum absolute atomic E-state index is 0. The molecular formula is C12H18Ag2O5. The summed E-state index contributed by atoms with van der Waals surface area (Å²) in [5.74, 6) is -3.51. The van der Waals surface area contributed by atoms with E-state index < -0.39 is 29.7 Å². The van der Waals surface area contributed by atoms with Gasteiger partial charge in [0.1, 0.15) is 23.9 Å². The van der Waals surface area contributed by atoms with Gasteiger partial charge in [0.15, 0.2) is 0 Å². The summed E-state index contributed by atoms with van der Waals surface area (Å²) in [6.07, 6.45) is -0.458. The van der Waals surface area contributed by atoms with E-state index in [0.29, 0.717) is 0 Å². The fraction of sp³-hybridized carbons (Fsp3) is 0.667. The number of esters is 2. The zero-order chi connectivity index (χ0) is 13.8. The van der Waals surface area contributed by atoms with E-state index in [9.17, 15) is 19.2 Å². The molecule has 118 valence electrons. The van der Waals surface area contributed by atoms with E-state index >= 15 is 0 Å². The van der Waals surface area contributed by atoms with Crippen LogP contribution in [0, 0.1) is 11.3 Å². The summed E-state index contributed by atoms with van der Waals surface area (Å²) in [5.41, 5.74) is -0.658.